The number of carbonyl (C=O) groups is 2. The highest BCUT2D eigenvalue weighted by Crippen LogP contribution is 2.15. The van der Waals surface area contributed by atoms with Crippen LogP contribution < -0.4 is 11.1 Å². The van der Waals surface area contributed by atoms with Gasteiger partial charge in [0.2, 0.25) is 11.8 Å². The summed E-state index contributed by atoms with van der Waals surface area (Å²) in [5.74, 6) is -0.807. The third kappa shape index (κ3) is 2.68. The van der Waals surface area contributed by atoms with Crippen LogP contribution in [0, 0.1) is 0 Å². The highest BCUT2D eigenvalue weighted by molar-refractivity contribution is 5.86. The van der Waals surface area contributed by atoms with Crippen LogP contribution in [-0.4, -0.2) is 22.8 Å². The van der Waals surface area contributed by atoms with Gasteiger partial charge in [-0.2, -0.15) is 0 Å². The van der Waals surface area contributed by atoms with E-state index in [1.165, 1.54) is 6.92 Å². The van der Waals surface area contributed by atoms with E-state index >= 15 is 0 Å². The van der Waals surface area contributed by atoms with E-state index in [1.807, 2.05) is 30.3 Å². The SMILES string of the molecule is CC(=O)NC(Cc1cc2ccccc2[nH]1)C(N)=O. The molecule has 4 N–H and O–H groups in total. The summed E-state index contributed by atoms with van der Waals surface area (Å²) in [6, 6.07) is 9.08. The predicted molar refractivity (Wildman–Crippen MR) is 68.8 cm³/mol. The first-order valence-corrected chi connectivity index (χ1v) is 5.69. The van der Waals surface area contributed by atoms with Gasteiger partial charge in [0.1, 0.15) is 6.04 Å². The van der Waals surface area contributed by atoms with Crippen LogP contribution in [-0.2, 0) is 16.0 Å². The first kappa shape index (κ1) is 12.2. The first-order valence-electron chi connectivity index (χ1n) is 5.69. The Morgan fingerprint density at radius 2 is 2.11 bits per heavy atom. The predicted octanol–water partition coefficient (Wildman–Crippen LogP) is 0.700. The zero-order valence-electron chi connectivity index (χ0n) is 10.1. The number of nitrogens with one attached hydrogen (secondary N) is 2. The van der Waals surface area contributed by atoms with Crippen LogP contribution in [0.4, 0.5) is 0 Å². The molecular weight excluding hydrogens is 230 g/mol. The van der Waals surface area contributed by atoms with E-state index in [0.29, 0.717) is 6.42 Å². The molecule has 2 aromatic rings. The Hall–Kier alpha value is -2.30. The molecule has 5 nitrogen and oxygen atoms in total. The molecule has 0 saturated heterocycles. The smallest absolute Gasteiger partial charge is 0.240 e. The van der Waals surface area contributed by atoms with E-state index in [4.69, 9.17) is 5.73 Å². The number of aromatic nitrogens is 1. The summed E-state index contributed by atoms with van der Waals surface area (Å²) in [6.45, 7) is 1.36. The molecule has 0 bridgehead atoms. The minimum absolute atomic E-state index is 0.269. The molecule has 1 heterocycles. The number of para-hydroxylation sites is 1. The van der Waals surface area contributed by atoms with Crippen LogP contribution in [0.25, 0.3) is 10.9 Å². The molecule has 1 unspecified atom stereocenters. The second-order valence-corrected chi connectivity index (χ2v) is 4.24. The third-order valence-corrected chi connectivity index (χ3v) is 2.73. The van der Waals surface area contributed by atoms with Crippen molar-refractivity contribution in [2.75, 3.05) is 0 Å². The van der Waals surface area contributed by atoms with Crippen molar-refractivity contribution in [1.29, 1.82) is 0 Å². The fraction of sp³-hybridized carbons (Fsp3) is 0.231. The standard InChI is InChI=1S/C13H15N3O2/c1-8(17)15-12(13(14)18)7-10-6-9-4-2-3-5-11(9)16-10/h2-6,12,16H,7H2,1H3,(H2,14,18)(H,15,17). The zero-order valence-corrected chi connectivity index (χ0v) is 10.1. The minimum atomic E-state index is -0.685. The van der Waals surface area contributed by atoms with Gasteiger partial charge in [-0.25, -0.2) is 0 Å². The van der Waals surface area contributed by atoms with Crippen LogP contribution >= 0.6 is 0 Å². The molecule has 0 aliphatic heterocycles. The van der Waals surface area contributed by atoms with E-state index in [2.05, 4.69) is 10.3 Å². The normalized spacial score (nSPS) is 12.3. The molecule has 2 rings (SSSR count). The lowest BCUT2D eigenvalue weighted by molar-refractivity contribution is -0.126. The topological polar surface area (TPSA) is 88.0 Å². The number of rotatable bonds is 4. The van der Waals surface area contributed by atoms with Crippen LogP contribution in [0.5, 0.6) is 0 Å². The number of hydrogen-bond donors (Lipinski definition) is 3. The minimum Gasteiger partial charge on any atom is -0.368 e. The van der Waals surface area contributed by atoms with E-state index < -0.39 is 11.9 Å². The molecule has 0 aliphatic rings. The summed E-state index contributed by atoms with van der Waals surface area (Å²) in [4.78, 5) is 25.4. The third-order valence-electron chi connectivity index (χ3n) is 2.73. The molecule has 0 aliphatic carbocycles. The fourth-order valence-corrected chi connectivity index (χ4v) is 1.93. The van der Waals surface area contributed by atoms with Gasteiger partial charge >= 0.3 is 0 Å². The van der Waals surface area contributed by atoms with Crippen molar-refractivity contribution in [1.82, 2.24) is 10.3 Å². The lowest BCUT2D eigenvalue weighted by Gasteiger charge is -2.12. The Kier molecular flexibility index (Phi) is 3.32. The maximum atomic E-state index is 11.2. The van der Waals surface area contributed by atoms with Crippen molar-refractivity contribution in [2.45, 2.75) is 19.4 Å². The number of carbonyl (C=O) groups excluding carboxylic acids is 2. The fourth-order valence-electron chi connectivity index (χ4n) is 1.93. The lowest BCUT2D eigenvalue weighted by atomic mass is 10.1. The van der Waals surface area contributed by atoms with Gasteiger partial charge < -0.3 is 16.0 Å². The van der Waals surface area contributed by atoms with E-state index in [1.54, 1.807) is 0 Å². The number of nitrogens with two attached hydrogens (primary N) is 1. The second-order valence-electron chi connectivity index (χ2n) is 4.24. The zero-order chi connectivity index (χ0) is 13.1. The quantitative estimate of drug-likeness (QED) is 0.740. The molecule has 5 heteroatoms. The number of H-pyrrole nitrogens is 1. The summed E-state index contributed by atoms with van der Waals surface area (Å²) in [5, 5.41) is 3.61. The molecule has 0 radical (unpaired) electrons. The number of amides is 2. The van der Waals surface area contributed by atoms with Crippen molar-refractivity contribution in [3.63, 3.8) is 0 Å². The molecule has 0 saturated carbocycles. The van der Waals surface area contributed by atoms with E-state index in [9.17, 15) is 9.59 Å². The number of aromatic amines is 1. The lowest BCUT2D eigenvalue weighted by Crippen LogP contribution is -2.45. The number of fused-ring (bicyclic) bond motifs is 1. The molecule has 1 aromatic carbocycles. The molecule has 1 atom stereocenters. The molecule has 94 valence electrons. The molecule has 18 heavy (non-hydrogen) atoms. The van der Waals surface area contributed by atoms with E-state index in [0.717, 1.165) is 16.6 Å². The highest BCUT2D eigenvalue weighted by atomic mass is 16.2. The molecule has 0 spiro atoms. The summed E-state index contributed by atoms with van der Waals surface area (Å²) < 4.78 is 0. The Balaban J connectivity index is 2.20. The van der Waals surface area contributed by atoms with Crippen molar-refractivity contribution in [3.8, 4) is 0 Å². The van der Waals surface area contributed by atoms with Gasteiger partial charge in [-0.05, 0) is 17.5 Å². The van der Waals surface area contributed by atoms with Gasteiger partial charge in [0.25, 0.3) is 0 Å². The Labute approximate surface area is 104 Å². The Bertz CT molecular complexity index is 556. The maximum Gasteiger partial charge on any atom is 0.240 e. The number of benzene rings is 1. The second kappa shape index (κ2) is 4.91. The van der Waals surface area contributed by atoms with Crippen molar-refractivity contribution >= 4 is 22.7 Å². The van der Waals surface area contributed by atoms with Crippen molar-refractivity contribution in [3.05, 3.63) is 36.0 Å². The van der Waals surface area contributed by atoms with Gasteiger partial charge in [-0.15, -0.1) is 0 Å². The Morgan fingerprint density at radius 3 is 2.72 bits per heavy atom. The van der Waals surface area contributed by atoms with Gasteiger partial charge in [0.05, 0.1) is 0 Å². The van der Waals surface area contributed by atoms with Gasteiger partial charge in [-0.3, -0.25) is 9.59 Å². The average Bonchev–Trinajstić information content (AvgIpc) is 2.69. The summed E-state index contributed by atoms with van der Waals surface area (Å²) >= 11 is 0. The van der Waals surface area contributed by atoms with Crippen LogP contribution in [0.2, 0.25) is 0 Å². The average molecular weight is 245 g/mol. The van der Waals surface area contributed by atoms with Crippen LogP contribution in [0.15, 0.2) is 30.3 Å². The maximum absolute atomic E-state index is 11.2. The summed E-state index contributed by atoms with van der Waals surface area (Å²) in [5.41, 5.74) is 7.13. The number of hydrogen-bond acceptors (Lipinski definition) is 2. The van der Waals surface area contributed by atoms with Gasteiger partial charge in [-0.1, -0.05) is 18.2 Å². The highest BCUT2D eigenvalue weighted by Gasteiger charge is 2.17. The van der Waals surface area contributed by atoms with Gasteiger partial charge in [0, 0.05) is 24.6 Å². The number of primary amides is 1. The summed E-state index contributed by atoms with van der Waals surface area (Å²) in [6.07, 6.45) is 0.365. The van der Waals surface area contributed by atoms with E-state index in [-0.39, 0.29) is 5.91 Å². The Morgan fingerprint density at radius 1 is 1.39 bits per heavy atom. The van der Waals surface area contributed by atoms with Crippen LogP contribution in [0.1, 0.15) is 12.6 Å². The first-order chi connectivity index (χ1) is 8.56. The van der Waals surface area contributed by atoms with Gasteiger partial charge in [0.15, 0.2) is 0 Å². The monoisotopic (exact) mass is 245 g/mol. The molecule has 0 fully saturated rings. The molecule has 2 amide bonds. The molecular formula is C13H15N3O2. The largest absolute Gasteiger partial charge is 0.368 e. The van der Waals surface area contributed by atoms with Crippen molar-refractivity contribution in [2.24, 2.45) is 5.73 Å². The summed E-state index contributed by atoms with van der Waals surface area (Å²) in [7, 11) is 0. The van der Waals surface area contributed by atoms with Crippen LogP contribution in [0.3, 0.4) is 0 Å². The molecule has 1 aromatic heterocycles. The van der Waals surface area contributed by atoms with Crippen molar-refractivity contribution < 1.29 is 9.59 Å².